The van der Waals surface area contributed by atoms with Crippen molar-refractivity contribution < 1.29 is 0 Å². The van der Waals surface area contributed by atoms with E-state index < -0.39 is 0 Å². The summed E-state index contributed by atoms with van der Waals surface area (Å²) in [6, 6.07) is 0.438. The van der Waals surface area contributed by atoms with Gasteiger partial charge in [-0.05, 0) is 19.3 Å². The summed E-state index contributed by atoms with van der Waals surface area (Å²) in [5.41, 5.74) is 0. The van der Waals surface area contributed by atoms with Crippen molar-refractivity contribution in [1.29, 1.82) is 5.26 Å². The molecule has 1 aromatic heterocycles. The molecule has 0 radical (unpaired) electrons. The molecule has 1 saturated carbocycles. The molecule has 0 aromatic carbocycles. The summed E-state index contributed by atoms with van der Waals surface area (Å²) in [4.78, 5) is 8.52. The molecule has 6 nitrogen and oxygen atoms in total. The molecular formula is C16H26N6. The summed E-state index contributed by atoms with van der Waals surface area (Å²) in [7, 11) is 0. The molecule has 1 fully saturated rings. The maximum atomic E-state index is 8.88. The fourth-order valence-corrected chi connectivity index (χ4v) is 2.83. The number of aryl methyl sites for hydroxylation is 1. The summed E-state index contributed by atoms with van der Waals surface area (Å²) in [6.45, 7) is 1.59. The fourth-order valence-electron chi connectivity index (χ4n) is 2.83. The second kappa shape index (κ2) is 9.82. The average molecular weight is 302 g/mol. The highest BCUT2D eigenvalue weighted by atomic mass is 15.2. The Morgan fingerprint density at radius 1 is 1.27 bits per heavy atom. The molecule has 2 N–H and O–H groups in total. The molecule has 0 spiro atoms. The van der Waals surface area contributed by atoms with Crippen molar-refractivity contribution in [2.75, 3.05) is 6.54 Å². The highest BCUT2D eigenvalue weighted by Gasteiger charge is 2.12. The zero-order valence-corrected chi connectivity index (χ0v) is 13.2. The zero-order valence-electron chi connectivity index (χ0n) is 13.2. The minimum atomic E-state index is 0.438. The molecule has 0 aliphatic heterocycles. The van der Waals surface area contributed by atoms with Gasteiger partial charge in [0.1, 0.15) is 0 Å². The maximum Gasteiger partial charge on any atom is 0.204 e. The van der Waals surface area contributed by atoms with Gasteiger partial charge in [0.15, 0.2) is 6.19 Å². The third kappa shape index (κ3) is 6.17. The van der Waals surface area contributed by atoms with Gasteiger partial charge >= 0.3 is 0 Å². The molecular weight excluding hydrogens is 276 g/mol. The largest absolute Gasteiger partial charge is 0.353 e. The van der Waals surface area contributed by atoms with E-state index in [9.17, 15) is 0 Å². The van der Waals surface area contributed by atoms with E-state index in [1.165, 1.54) is 44.9 Å². The van der Waals surface area contributed by atoms with E-state index in [1.807, 2.05) is 23.3 Å². The first-order chi connectivity index (χ1) is 10.9. The van der Waals surface area contributed by atoms with Gasteiger partial charge in [0, 0.05) is 31.5 Å². The van der Waals surface area contributed by atoms with E-state index in [0.29, 0.717) is 18.5 Å². The molecule has 0 unspecified atom stereocenters. The molecule has 2 rings (SSSR count). The van der Waals surface area contributed by atoms with Crippen LogP contribution in [0, 0.1) is 11.5 Å². The molecule has 120 valence electrons. The predicted octanol–water partition coefficient (Wildman–Crippen LogP) is 2.40. The minimum absolute atomic E-state index is 0.438. The van der Waals surface area contributed by atoms with E-state index in [2.05, 4.69) is 20.6 Å². The van der Waals surface area contributed by atoms with E-state index in [0.717, 1.165) is 13.0 Å². The standard InChI is InChI=1S/C16H26N6/c17-13-20-16(19-9-6-11-22-12-10-18-14-22)21-15-7-4-2-1-3-5-8-15/h10,12,14-15H,1-9,11H2,(H2,19,20,21). The van der Waals surface area contributed by atoms with Gasteiger partial charge in [-0.15, -0.1) is 0 Å². The number of hydrogen-bond donors (Lipinski definition) is 2. The zero-order chi connectivity index (χ0) is 15.5. The Morgan fingerprint density at radius 2 is 2.05 bits per heavy atom. The van der Waals surface area contributed by atoms with Crippen molar-refractivity contribution in [3.8, 4) is 6.19 Å². The van der Waals surface area contributed by atoms with Crippen LogP contribution in [0.5, 0.6) is 0 Å². The molecule has 22 heavy (non-hydrogen) atoms. The second-order valence-electron chi connectivity index (χ2n) is 5.81. The molecule has 1 heterocycles. The van der Waals surface area contributed by atoms with Gasteiger partial charge < -0.3 is 9.88 Å². The molecule has 6 heteroatoms. The lowest BCUT2D eigenvalue weighted by Crippen LogP contribution is -2.42. The first-order valence-corrected chi connectivity index (χ1v) is 8.30. The first-order valence-electron chi connectivity index (χ1n) is 8.30. The third-order valence-electron chi connectivity index (χ3n) is 4.02. The van der Waals surface area contributed by atoms with Crippen LogP contribution in [0.1, 0.15) is 51.4 Å². The number of imidazole rings is 1. The number of aromatic nitrogens is 2. The number of nitrogens with one attached hydrogen (secondary N) is 2. The van der Waals surface area contributed by atoms with E-state index >= 15 is 0 Å². The van der Waals surface area contributed by atoms with Crippen LogP contribution >= 0.6 is 0 Å². The summed E-state index contributed by atoms with van der Waals surface area (Å²) in [5.74, 6) is 0.624. The maximum absolute atomic E-state index is 8.88. The van der Waals surface area contributed by atoms with Crippen molar-refractivity contribution in [3.05, 3.63) is 18.7 Å². The highest BCUT2D eigenvalue weighted by molar-refractivity contribution is 5.81. The molecule has 1 aliphatic rings. The monoisotopic (exact) mass is 302 g/mol. The van der Waals surface area contributed by atoms with Crippen LogP contribution in [0.4, 0.5) is 0 Å². The Morgan fingerprint density at radius 3 is 2.73 bits per heavy atom. The number of aliphatic imine (C=N–C) groups is 1. The Kier molecular flexibility index (Phi) is 7.30. The first kappa shape index (κ1) is 16.3. The van der Waals surface area contributed by atoms with Crippen molar-refractivity contribution in [3.63, 3.8) is 0 Å². The van der Waals surface area contributed by atoms with Gasteiger partial charge in [-0.3, -0.25) is 10.3 Å². The van der Waals surface area contributed by atoms with Crippen LogP contribution < -0.4 is 10.6 Å². The van der Waals surface area contributed by atoms with E-state index in [-0.39, 0.29) is 0 Å². The van der Waals surface area contributed by atoms with Crippen LogP contribution in [-0.2, 0) is 6.54 Å². The topological polar surface area (TPSA) is 78.0 Å². The Labute approximate surface area is 132 Å². The van der Waals surface area contributed by atoms with Gasteiger partial charge in [0.2, 0.25) is 5.96 Å². The lowest BCUT2D eigenvalue weighted by Gasteiger charge is -2.22. The minimum Gasteiger partial charge on any atom is -0.353 e. The third-order valence-corrected chi connectivity index (χ3v) is 4.02. The summed E-state index contributed by atoms with van der Waals surface area (Å²) < 4.78 is 2.04. The Hall–Kier alpha value is -2.03. The highest BCUT2D eigenvalue weighted by Crippen LogP contribution is 2.16. The smallest absolute Gasteiger partial charge is 0.204 e. The van der Waals surface area contributed by atoms with Crippen LogP contribution in [0.15, 0.2) is 23.7 Å². The van der Waals surface area contributed by atoms with Crippen LogP contribution in [0.2, 0.25) is 0 Å². The van der Waals surface area contributed by atoms with Crippen LogP contribution in [0.25, 0.3) is 0 Å². The lowest BCUT2D eigenvalue weighted by molar-refractivity contribution is 0.426. The molecule has 1 aromatic rings. The van der Waals surface area contributed by atoms with Gasteiger partial charge in [-0.2, -0.15) is 5.26 Å². The van der Waals surface area contributed by atoms with Gasteiger partial charge in [0.25, 0.3) is 0 Å². The number of nitrogens with zero attached hydrogens (tertiary/aromatic N) is 4. The molecule has 0 bridgehead atoms. The summed E-state index contributed by atoms with van der Waals surface area (Å²) >= 11 is 0. The summed E-state index contributed by atoms with van der Waals surface area (Å²) in [6.07, 6.45) is 17.3. The van der Waals surface area contributed by atoms with Gasteiger partial charge in [-0.1, -0.05) is 32.1 Å². The van der Waals surface area contributed by atoms with Crippen molar-refractivity contribution in [2.24, 2.45) is 4.99 Å². The van der Waals surface area contributed by atoms with Crippen LogP contribution in [0.3, 0.4) is 0 Å². The van der Waals surface area contributed by atoms with Crippen molar-refractivity contribution in [2.45, 2.75) is 64.0 Å². The second-order valence-corrected chi connectivity index (χ2v) is 5.81. The fraction of sp³-hybridized carbons (Fsp3) is 0.688. The van der Waals surface area contributed by atoms with Crippen molar-refractivity contribution in [1.82, 2.24) is 20.2 Å². The summed E-state index contributed by atoms with van der Waals surface area (Å²) in [5, 5.41) is 15.0. The normalized spacial score (nSPS) is 17.3. The van der Waals surface area contributed by atoms with E-state index in [4.69, 9.17) is 5.26 Å². The predicted molar refractivity (Wildman–Crippen MR) is 87.1 cm³/mol. The van der Waals surface area contributed by atoms with Gasteiger partial charge in [0.05, 0.1) is 6.33 Å². The number of guanidine groups is 1. The molecule has 0 amide bonds. The van der Waals surface area contributed by atoms with Gasteiger partial charge in [-0.25, -0.2) is 4.98 Å². The molecule has 0 atom stereocenters. The van der Waals surface area contributed by atoms with E-state index in [1.54, 1.807) is 6.20 Å². The van der Waals surface area contributed by atoms with Crippen LogP contribution in [-0.4, -0.2) is 28.1 Å². The Balaban J connectivity index is 1.77. The average Bonchev–Trinajstić information content (AvgIpc) is 2.99. The number of nitriles is 1. The quantitative estimate of drug-likeness (QED) is 0.288. The molecule has 1 aliphatic carbocycles. The Bertz CT molecular complexity index is 465. The van der Waals surface area contributed by atoms with Crippen molar-refractivity contribution >= 4 is 5.96 Å². The SMILES string of the molecule is N#CNC(=NCCCn1ccnc1)NC1CCCCCCC1. The lowest BCUT2D eigenvalue weighted by atomic mass is 9.97. The number of hydrogen-bond acceptors (Lipinski definition) is 3. The number of rotatable bonds is 5. The molecule has 0 saturated heterocycles.